The van der Waals surface area contributed by atoms with E-state index in [0.717, 1.165) is 25.4 Å². The van der Waals surface area contributed by atoms with Gasteiger partial charge < -0.3 is 0 Å². The first-order valence-corrected chi connectivity index (χ1v) is 11.0. The molecule has 1 aromatic heterocycles. The highest BCUT2D eigenvalue weighted by molar-refractivity contribution is 14.1. The van der Waals surface area contributed by atoms with Crippen LogP contribution in [0, 0.1) is 3.57 Å². The normalized spacial score (nSPS) is 11.9. The lowest BCUT2D eigenvalue weighted by atomic mass is 10.0. The number of rotatable bonds is 4. The molecule has 0 saturated carbocycles. The number of hydrogen-bond acceptors (Lipinski definition) is 3. The van der Waals surface area contributed by atoms with Crippen molar-refractivity contribution in [2.24, 2.45) is 0 Å². The fourth-order valence-corrected chi connectivity index (χ4v) is 5.34. The molecule has 5 rings (SSSR count). The summed E-state index contributed by atoms with van der Waals surface area (Å²) in [5.74, 6) is 0.121. The highest BCUT2D eigenvalue weighted by Gasteiger charge is 2.19. The first kappa shape index (κ1) is 17.8. The number of thiazole rings is 1. The zero-order chi connectivity index (χ0) is 19.1. The van der Waals surface area contributed by atoms with Crippen LogP contribution in [0.25, 0.3) is 21.6 Å². The SMILES string of the molecule is O=C(Cc1ncc(-c2ccc3c(c2)Cc2ccccc2-3)s1)c1ccccc1I. The van der Waals surface area contributed by atoms with E-state index in [1.54, 1.807) is 11.3 Å². The van der Waals surface area contributed by atoms with Crippen molar-refractivity contribution in [3.8, 4) is 21.6 Å². The maximum Gasteiger partial charge on any atom is 0.170 e. The van der Waals surface area contributed by atoms with Crippen molar-refractivity contribution in [2.75, 3.05) is 0 Å². The second-order valence-electron chi connectivity index (χ2n) is 6.90. The minimum absolute atomic E-state index is 0.121. The Morgan fingerprint density at radius 3 is 2.64 bits per heavy atom. The van der Waals surface area contributed by atoms with Crippen LogP contribution in [0.4, 0.5) is 0 Å². The Kier molecular flexibility index (Phi) is 4.61. The number of fused-ring (bicyclic) bond motifs is 3. The number of carbonyl (C=O) groups excluding carboxylic acids is 1. The van der Waals surface area contributed by atoms with Gasteiger partial charge in [-0.25, -0.2) is 4.98 Å². The highest BCUT2D eigenvalue weighted by Crippen LogP contribution is 2.39. The molecule has 0 saturated heterocycles. The summed E-state index contributed by atoms with van der Waals surface area (Å²) in [7, 11) is 0. The van der Waals surface area contributed by atoms with Gasteiger partial charge in [-0.3, -0.25) is 4.79 Å². The van der Waals surface area contributed by atoms with Crippen molar-refractivity contribution in [1.29, 1.82) is 0 Å². The quantitative estimate of drug-likeness (QED) is 0.214. The fourth-order valence-electron chi connectivity index (χ4n) is 3.74. The average molecular weight is 493 g/mol. The molecule has 4 aromatic rings. The Bertz CT molecular complexity index is 1210. The molecule has 136 valence electrons. The van der Waals surface area contributed by atoms with Crippen molar-refractivity contribution in [3.05, 3.63) is 98.2 Å². The van der Waals surface area contributed by atoms with Gasteiger partial charge in [0.15, 0.2) is 5.78 Å². The van der Waals surface area contributed by atoms with Crippen LogP contribution in [-0.4, -0.2) is 10.8 Å². The number of hydrogen-bond donors (Lipinski definition) is 0. The third kappa shape index (κ3) is 3.20. The summed E-state index contributed by atoms with van der Waals surface area (Å²) in [4.78, 5) is 18.3. The predicted octanol–water partition coefficient (Wildman–Crippen LogP) is 6.41. The van der Waals surface area contributed by atoms with E-state index in [1.807, 2.05) is 30.5 Å². The maximum absolute atomic E-state index is 12.6. The number of halogens is 1. The van der Waals surface area contributed by atoms with Crippen LogP contribution >= 0.6 is 33.9 Å². The summed E-state index contributed by atoms with van der Waals surface area (Å²) in [5, 5.41) is 0.864. The van der Waals surface area contributed by atoms with E-state index in [2.05, 4.69) is 70.0 Å². The number of ketones is 1. The van der Waals surface area contributed by atoms with Crippen LogP contribution in [0.5, 0.6) is 0 Å². The first-order valence-electron chi connectivity index (χ1n) is 9.13. The van der Waals surface area contributed by atoms with Crippen LogP contribution < -0.4 is 0 Å². The molecule has 0 fully saturated rings. The number of nitrogens with zero attached hydrogens (tertiary/aromatic N) is 1. The van der Waals surface area contributed by atoms with Gasteiger partial charge in [0.1, 0.15) is 5.01 Å². The van der Waals surface area contributed by atoms with E-state index in [9.17, 15) is 4.79 Å². The summed E-state index contributed by atoms with van der Waals surface area (Å²) >= 11 is 3.82. The molecule has 0 amide bonds. The molecule has 1 aliphatic carbocycles. The molecule has 1 aliphatic rings. The number of benzene rings is 3. The lowest BCUT2D eigenvalue weighted by molar-refractivity contribution is 0.0992. The van der Waals surface area contributed by atoms with Crippen molar-refractivity contribution >= 4 is 39.7 Å². The van der Waals surface area contributed by atoms with E-state index in [1.165, 1.54) is 27.8 Å². The van der Waals surface area contributed by atoms with E-state index in [0.29, 0.717) is 6.42 Å². The van der Waals surface area contributed by atoms with Crippen LogP contribution in [0.1, 0.15) is 26.5 Å². The molecule has 0 spiro atoms. The minimum atomic E-state index is 0.121. The third-order valence-electron chi connectivity index (χ3n) is 5.12. The second kappa shape index (κ2) is 7.26. The lowest BCUT2D eigenvalue weighted by Gasteiger charge is -2.03. The van der Waals surface area contributed by atoms with E-state index >= 15 is 0 Å². The van der Waals surface area contributed by atoms with E-state index in [-0.39, 0.29) is 5.78 Å². The molecule has 0 radical (unpaired) electrons. The summed E-state index contributed by atoms with van der Waals surface area (Å²) in [6.45, 7) is 0. The van der Waals surface area contributed by atoms with Gasteiger partial charge in [0, 0.05) is 15.3 Å². The molecule has 0 atom stereocenters. The fraction of sp³-hybridized carbons (Fsp3) is 0.0833. The van der Waals surface area contributed by atoms with Gasteiger partial charge in [-0.05, 0) is 69.0 Å². The Hall–Kier alpha value is -2.31. The monoisotopic (exact) mass is 493 g/mol. The van der Waals surface area contributed by atoms with Gasteiger partial charge in [-0.1, -0.05) is 54.6 Å². The molecule has 4 heteroatoms. The van der Waals surface area contributed by atoms with Gasteiger partial charge in [0.05, 0.1) is 11.3 Å². The number of Topliss-reactive ketones (excluding diaryl/α,β-unsaturated/α-hetero) is 1. The van der Waals surface area contributed by atoms with Gasteiger partial charge in [-0.2, -0.15) is 0 Å². The first-order chi connectivity index (χ1) is 13.7. The predicted molar refractivity (Wildman–Crippen MR) is 123 cm³/mol. The second-order valence-corrected chi connectivity index (χ2v) is 9.18. The zero-order valence-electron chi connectivity index (χ0n) is 15.0. The van der Waals surface area contributed by atoms with E-state index < -0.39 is 0 Å². The Morgan fingerprint density at radius 1 is 0.964 bits per heavy atom. The molecule has 0 bridgehead atoms. The van der Waals surface area contributed by atoms with Crippen LogP contribution in [-0.2, 0) is 12.8 Å². The van der Waals surface area contributed by atoms with Gasteiger partial charge >= 0.3 is 0 Å². The Balaban J connectivity index is 1.39. The lowest BCUT2D eigenvalue weighted by Crippen LogP contribution is -2.05. The molecule has 0 aliphatic heterocycles. The highest BCUT2D eigenvalue weighted by atomic mass is 127. The number of aromatic nitrogens is 1. The Labute approximate surface area is 181 Å². The van der Waals surface area contributed by atoms with Crippen LogP contribution in [0.2, 0.25) is 0 Å². The van der Waals surface area contributed by atoms with E-state index in [4.69, 9.17) is 0 Å². The largest absolute Gasteiger partial charge is 0.294 e. The van der Waals surface area contributed by atoms with Crippen molar-refractivity contribution < 1.29 is 4.79 Å². The Morgan fingerprint density at radius 2 is 1.75 bits per heavy atom. The molecular formula is C24H16INOS. The molecule has 28 heavy (non-hydrogen) atoms. The summed E-state index contributed by atoms with van der Waals surface area (Å²) in [5.41, 5.74) is 7.38. The summed E-state index contributed by atoms with van der Waals surface area (Å²) < 4.78 is 0.986. The molecule has 0 N–H and O–H groups in total. The number of carbonyl (C=O) groups is 1. The molecule has 1 heterocycles. The minimum Gasteiger partial charge on any atom is -0.294 e. The van der Waals surface area contributed by atoms with Gasteiger partial charge in [-0.15, -0.1) is 11.3 Å². The third-order valence-corrected chi connectivity index (χ3v) is 7.10. The smallest absolute Gasteiger partial charge is 0.170 e. The van der Waals surface area contributed by atoms with Crippen molar-refractivity contribution in [2.45, 2.75) is 12.8 Å². The maximum atomic E-state index is 12.6. The summed E-state index contributed by atoms with van der Waals surface area (Å²) in [6, 6.07) is 23.0. The molecular weight excluding hydrogens is 477 g/mol. The van der Waals surface area contributed by atoms with Crippen LogP contribution in [0.3, 0.4) is 0 Å². The molecule has 0 unspecified atom stereocenters. The standard InChI is InChI=1S/C24H16INOS/c25-21-8-4-3-7-20(21)22(27)13-24-26-14-23(28-24)16-9-10-19-17(12-16)11-15-5-1-2-6-18(15)19/h1-10,12,14H,11,13H2. The molecule has 2 nitrogen and oxygen atoms in total. The average Bonchev–Trinajstić information content (AvgIpc) is 3.32. The van der Waals surface area contributed by atoms with Gasteiger partial charge in [0.2, 0.25) is 0 Å². The van der Waals surface area contributed by atoms with Crippen molar-refractivity contribution in [1.82, 2.24) is 4.98 Å². The topological polar surface area (TPSA) is 30.0 Å². The van der Waals surface area contributed by atoms with Crippen molar-refractivity contribution in [3.63, 3.8) is 0 Å². The molecule has 3 aromatic carbocycles. The van der Waals surface area contributed by atoms with Crippen LogP contribution in [0.15, 0.2) is 72.9 Å². The summed E-state index contributed by atoms with van der Waals surface area (Å²) in [6.07, 6.45) is 3.23. The zero-order valence-corrected chi connectivity index (χ0v) is 18.0. The van der Waals surface area contributed by atoms with Gasteiger partial charge in [0.25, 0.3) is 0 Å².